The molecular weight excluding hydrogens is 280 g/mol. The lowest BCUT2D eigenvalue weighted by molar-refractivity contribution is -0.121. The standard InChI is InChI=1S/C16H18N4O2/c1-12-9-19-14(11-18-12)16(22)17-8-7-15(21)20-10-13-5-3-2-4-6-13/h2-6,9,11H,7-8,10H2,1H3,(H,17,22)(H,20,21). The Kier molecular flexibility index (Phi) is 5.59. The predicted octanol–water partition coefficient (Wildman–Crippen LogP) is 1.22. The quantitative estimate of drug-likeness (QED) is 0.840. The zero-order chi connectivity index (χ0) is 15.8. The second-order valence-corrected chi connectivity index (χ2v) is 4.81. The molecule has 2 amide bonds. The van der Waals surface area contributed by atoms with E-state index >= 15 is 0 Å². The molecule has 0 bridgehead atoms. The first-order chi connectivity index (χ1) is 10.6. The summed E-state index contributed by atoms with van der Waals surface area (Å²) in [5.74, 6) is -0.442. The molecule has 0 saturated carbocycles. The normalized spacial score (nSPS) is 10.0. The summed E-state index contributed by atoms with van der Waals surface area (Å²) in [5, 5.41) is 5.45. The van der Waals surface area contributed by atoms with Crippen molar-refractivity contribution in [3.05, 3.63) is 59.7 Å². The molecule has 1 aromatic carbocycles. The van der Waals surface area contributed by atoms with Crippen LogP contribution in [0.3, 0.4) is 0 Å². The SMILES string of the molecule is Cc1cnc(C(=O)NCCC(=O)NCc2ccccc2)cn1. The van der Waals surface area contributed by atoms with Gasteiger partial charge in [-0.3, -0.25) is 14.6 Å². The van der Waals surface area contributed by atoms with Gasteiger partial charge in [0.1, 0.15) is 5.69 Å². The average Bonchev–Trinajstić information content (AvgIpc) is 2.54. The summed E-state index contributed by atoms with van der Waals surface area (Å²) in [6.07, 6.45) is 3.17. The largest absolute Gasteiger partial charge is 0.352 e. The zero-order valence-corrected chi connectivity index (χ0v) is 12.4. The van der Waals surface area contributed by atoms with Crippen LogP contribution in [0.4, 0.5) is 0 Å². The molecule has 0 radical (unpaired) electrons. The van der Waals surface area contributed by atoms with Crippen LogP contribution in [0.2, 0.25) is 0 Å². The minimum Gasteiger partial charge on any atom is -0.352 e. The molecular formula is C16H18N4O2. The van der Waals surface area contributed by atoms with Gasteiger partial charge in [0.2, 0.25) is 5.91 Å². The van der Waals surface area contributed by atoms with Gasteiger partial charge in [-0.05, 0) is 12.5 Å². The summed E-state index contributed by atoms with van der Waals surface area (Å²) in [6, 6.07) is 9.65. The van der Waals surface area contributed by atoms with Crippen molar-refractivity contribution in [3.63, 3.8) is 0 Å². The number of benzene rings is 1. The van der Waals surface area contributed by atoms with Crippen molar-refractivity contribution in [2.24, 2.45) is 0 Å². The second-order valence-electron chi connectivity index (χ2n) is 4.81. The van der Waals surface area contributed by atoms with Crippen LogP contribution in [0.25, 0.3) is 0 Å². The topological polar surface area (TPSA) is 84.0 Å². The molecule has 22 heavy (non-hydrogen) atoms. The fraction of sp³-hybridized carbons (Fsp3) is 0.250. The van der Waals surface area contributed by atoms with E-state index in [1.807, 2.05) is 30.3 Å². The van der Waals surface area contributed by atoms with E-state index in [9.17, 15) is 9.59 Å². The number of hydrogen-bond donors (Lipinski definition) is 2. The number of carbonyl (C=O) groups excluding carboxylic acids is 2. The Labute approximate surface area is 129 Å². The first kappa shape index (κ1) is 15.6. The van der Waals surface area contributed by atoms with Crippen molar-refractivity contribution in [1.82, 2.24) is 20.6 Å². The fourth-order valence-electron chi connectivity index (χ4n) is 1.77. The zero-order valence-electron chi connectivity index (χ0n) is 12.4. The maximum absolute atomic E-state index is 11.8. The third-order valence-electron chi connectivity index (χ3n) is 2.98. The second kappa shape index (κ2) is 7.87. The molecule has 0 unspecified atom stereocenters. The molecule has 2 rings (SSSR count). The van der Waals surface area contributed by atoms with Crippen molar-refractivity contribution in [3.8, 4) is 0 Å². The van der Waals surface area contributed by atoms with Gasteiger partial charge < -0.3 is 10.6 Å². The van der Waals surface area contributed by atoms with Gasteiger partial charge in [-0.2, -0.15) is 0 Å². The number of nitrogens with zero attached hydrogens (tertiary/aromatic N) is 2. The predicted molar refractivity (Wildman–Crippen MR) is 82.0 cm³/mol. The number of carbonyl (C=O) groups is 2. The van der Waals surface area contributed by atoms with Crippen LogP contribution in [0.1, 0.15) is 28.2 Å². The van der Waals surface area contributed by atoms with E-state index in [1.165, 1.54) is 12.4 Å². The van der Waals surface area contributed by atoms with Gasteiger partial charge >= 0.3 is 0 Å². The Bertz CT molecular complexity index is 626. The number of rotatable bonds is 6. The number of aryl methyl sites for hydroxylation is 1. The fourth-order valence-corrected chi connectivity index (χ4v) is 1.77. The van der Waals surface area contributed by atoms with Crippen molar-refractivity contribution in [2.45, 2.75) is 19.9 Å². The number of nitrogens with one attached hydrogen (secondary N) is 2. The number of amides is 2. The van der Waals surface area contributed by atoms with E-state index in [4.69, 9.17) is 0 Å². The van der Waals surface area contributed by atoms with Gasteiger partial charge in [-0.1, -0.05) is 30.3 Å². The van der Waals surface area contributed by atoms with Crippen LogP contribution in [-0.2, 0) is 11.3 Å². The van der Waals surface area contributed by atoms with Gasteiger partial charge in [-0.15, -0.1) is 0 Å². The van der Waals surface area contributed by atoms with E-state index in [-0.39, 0.29) is 30.5 Å². The first-order valence-corrected chi connectivity index (χ1v) is 7.02. The lowest BCUT2D eigenvalue weighted by Gasteiger charge is -2.06. The molecule has 0 saturated heterocycles. The monoisotopic (exact) mass is 298 g/mol. The molecule has 114 valence electrons. The van der Waals surface area contributed by atoms with Gasteiger partial charge in [0.15, 0.2) is 0 Å². The highest BCUT2D eigenvalue weighted by Gasteiger charge is 2.08. The molecule has 2 aromatic rings. The Balaban J connectivity index is 1.68. The number of aromatic nitrogens is 2. The Morgan fingerprint density at radius 3 is 2.50 bits per heavy atom. The molecule has 0 fully saturated rings. The third kappa shape index (κ3) is 4.97. The Morgan fingerprint density at radius 1 is 1.05 bits per heavy atom. The van der Waals surface area contributed by atoms with Gasteiger partial charge in [-0.25, -0.2) is 4.98 Å². The molecule has 0 aliphatic carbocycles. The molecule has 0 aliphatic heterocycles. The van der Waals surface area contributed by atoms with Crippen LogP contribution < -0.4 is 10.6 Å². The molecule has 0 atom stereocenters. The summed E-state index contributed by atoms with van der Waals surface area (Å²) in [6.45, 7) is 2.54. The smallest absolute Gasteiger partial charge is 0.271 e. The highest BCUT2D eigenvalue weighted by Crippen LogP contribution is 1.97. The summed E-state index contributed by atoms with van der Waals surface area (Å²) in [4.78, 5) is 31.4. The van der Waals surface area contributed by atoms with Crippen LogP contribution in [-0.4, -0.2) is 28.3 Å². The van der Waals surface area contributed by atoms with Crippen molar-refractivity contribution in [1.29, 1.82) is 0 Å². The highest BCUT2D eigenvalue weighted by atomic mass is 16.2. The molecule has 6 nitrogen and oxygen atoms in total. The van der Waals surface area contributed by atoms with Gasteiger partial charge in [0.25, 0.3) is 5.91 Å². The molecule has 1 heterocycles. The summed E-state index contributed by atoms with van der Waals surface area (Å²) in [7, 11) is 0. The van der Waals surface area contributed by atoms with E-state index in [0.717, 1.165) is 11.3 Å². The van der Waals surface area contributed by atoms with Crippen molar-refractivity contribution in [2.75, 3.05) is 6.54 Å². The summed E-state index contributed by atoms with van der Waals surface area (Å²) >= 11 is 0. The van der Waals surface area contributed by atoms with E-state index in [0.29, 0.717) is 6.54 Å². The molecule has 0 spiro atoms. The van der Waals surface area contributed by atoms with Crippen molar-refractivity contribution >= 4 is 11.8 Å². The third-order valence-corrected chi connectivity index (χ3v) is 2.98. The highest BCUT2D eigenvalue weighted by molar-refractivity contribution is 5.92. The maximum Gasteiger partial charge on any atom is 0.271 e. The number of hydrogen-bond acceptors (Lipinski definition) is 4. The van der Waals surface area contributed by atoms with Crippen molar-refractivity contribution < 1.29 is 9.59 Å². The van der Waals surface area contributed by atoms with Crippen LogP contribution in [0, 0.1) is 6.92 Å². The van der Waals surface area contributed by atoms with E-state index < -0.39 is 0 Å². The lowest BCUT2D eigenvalue weighted by Crippen LogP contribution is -2.31. The Hall–Kier alpha value is -2.76. The van der Waals surface area contributed by atoms with Gasteiger partial charge in [0, 0.05) is 25.7 Å². The Morgan fingerprint density at radius 2 is 1.82 bits per heavy atom. The first-order valence-electron chi connectivity index (χ1n) is 7.02. The lowest BCUT2D eigenvalue weighted by atomic mass is 10.2. The molecule has 1 aromatic heterocycles. The summed E-state index contributed by atoms with van der Waals surface area (Å²) in [5.41, 5.74) is 2.03. The molecule has 0 aliphatic rings. The van der Waals surface area contributed by atoms with E-state index in [1.54, 1.807) is 6.92 Å². The maximum atomic E-state index is 11.8. The van der Waals surface area contributed by atoms with Gasteiger partial charge in [0.05, 0.1) is 11.9 Å². The van der Waals surface area contributed by atoms with Crippen LogP contribution >= 0.6 is 0 Å². The van der Waals surface area contributed by atoms with Crippen LogP contribution in [0.15, 0.2) is 42.7 Å². The minimum absolute atomic E-state index is 0.112. The summed E-state index contributed by atoms with van der Waals surface area (Å²) < 4.78 is 0. The molecule has 6 heteroatoms. The molecule has 2 N–H and O–H groups in total. The minimum atomic E-state index is -0.330. The average molecular weight is 298 g/mol. The van der Waals surface area contributed by atoms with Crippen LogP contribution in [0.5, 0.6) is 0 Å². The van der Waals surface area contributed by atoms with E-state index in [2.05, 4.69) is 20.6 Å².